The fourth-order valence-electron chi connectivity index (χ4n) is 1.28. The van der Waals surface area contributed by atoms with Gasteiger partial charge in [-0.3, -0.25) is 4.90 Å². The Bertz CT molecular complexity index is 228. The van der Waals surface area contributed by atoms with Crippen LogP contribution >= 0.6 is 0 Å². The zero-order valence-corrected chi connectivity index (χ0v) is 11.0. The predicted octanol–water partition coefficient (Wildman–Crippen LogP) is 1.51. The van der Waals surface area contributed by atoms with Gasteiger partial charge in [0.25, 0.3) is 0 Å². The summed E-state index contributed by atoms with van der Waals surface area (Å²) in [4.78, 5) is 2.26. The molecule has 0 saturated carbocycles. The Morgan fingerprint density at radius 3 is 2.31 bits per heavy atom. The summed E-state index contributed by atoms with van der Waals surface area (Å²) in [6.07, 6.45) is 0.832. The maximum Gasteiger partial charge on any atom is 0.125 e. The second kappa shape index (κ2) is 8.58. The first-order chi connectivity index (χ1) is 7.61. The number of nitrogens with zero attached hydrogens (tertiary/aromatic N) is 1. The fraction of sp³-hybridized carbons (Fsp3) is 0.846. The molecular formula is C13H25NO2. The number of rotatable bonds is 7. The van der Waals surface area contributed by atoms with Gasteiger partial charge in [0, 0.05) is 0 Å². The average Bonchev–Trinajstić information content (AvgIpc) is 2.32. The summed E-state index contributed by atoms with van der Waals surface area (Å²) < 4.78 is 5.53. The van der Waals surface area contributed by atoms with Gasteiger partial charge in [-0.2, -0.15) is 0 Å². The minimum absolute atomic E-state index is 0.0489. The highest BCUT2D eigenvalue weighted by molar-refractivity contribution is 5.13. The molecular weight excluding hydrogens is 202 g/mol. The molecule has 1 N–H and O–H groups in total. The molecule has 1 unspecified atom stereocenters. The molecule has 3 nitrogen and oxygen atoms in total. The highest BCUT2D eigenvalue weighted by Crippen LogP contribution is 2.13. The Hall–Kier alpha value is -0.560. The number of aliphatic hydroxyl groups excluding tert-OH is 1. The van der Waals surface area contributed by atoms with Crippen molar-refractivity contribution in [3.8, 4) is 11.8 Å². The monoisotopic (exact) mass is 227 g/mol. The summed E-state index contributed by atoms with van der Waals surface area (Å²) in [5, 5.41) is 8.73. The van der Waals surface area contributed by atoms with E-state index in [4.69, 9.17) is 9.84 Å². The van der Waals surface area contributed by atoms with Gasteiger partial charge >= 0.3 is 0 Å². The van der Waals surface area contributed by atoms with Crippen molar-refractivity contribution in [2.45, 2.75) is 39.7 Å². The molecule has 0 aliphatic rings. The lowest BCUT2D eigenvalue weighted by atomic mass is 10.0. The minimum Gasteiger partial charge on any atom is -0.394 e. The number of hydrogen-bond acceptors (Lipinski definition) is 3. The first kappa shape index (κ1) is 15.4. The van der Waals surface area contributed by atoms with E-state index in [1.165, 1.54) is 0 Å². The quantitative estimate of drug-likeness (QED) is 0.669. The van der Waals surface area contributed by atoms with Gasteiger partial charge in [0.1, 0.15) is 5.60 Å². The zero-order valence-electron chi connectivity index (χ0n) is 11.0. The molecule has 0 bridgehead atoms. The molecule has 0 radical (unpaired) electrons. The Labute approximate surface area is 99.8 Å². The molecule has 3 heteroatoms. The van der Waals surface area contributed by atoms with Gasteiger partial charge in [0.2, 0.25) is 0 Å². The summed E-state index contributed by atoms with van der Waals surface area (Å²) >= 11 is 0. The standard InChI is InChI=1S/C13H25NO2/c1-5-13(4,16-12-11-15)9-8-10-14(6-2)7-3/h15H,5-7,10-12H2,1-4H3. The van der Waals surface area contributed by atoms with E-state index in [-0.39, 0.29) is 6.61 Å². The van der Waals surface area contributed by atoms with Gasteiger partial charge in [-0.15, -0.1) is 0 Å². The summed E-state index contributed by atoms with van der Waals surface area (Å²) in [7, 11) is 0. The molecule has 0 aromatic carbocycles. The Morgan fingerprint density at radius 2 is 1.88 bits per heavy atom. The van der Waals surface area contributed by atoms with E-state index in [0.717, 1.165) is 26.1 Å². The third-order valence-corrected chi connectivity index (χ3v) is 2.74. The molecule has 94 valence electrons. The van der Waals surface area contributed by atoms with Crippen LogP contribution in [0.2, 0.25) is 0 Å². The van der Waals surface area contributed by atoms with E-state index in [1.54, 1.807) is 0 Å². The molecule has 0 aromatic heterocycles. The van der Waals surface area contributed by atoms with Gasteiger partial charge in [-0.1, -0.05) is 32.6 Å². The number of aliphatic hydroxyl groups is 1. The van der Waals surface area contributed by atoms with E-state index in [1.807, 2.05) is 13.8 Å². The maximum atomic E-state index is 8.73. The van der Waals surface area contributed by atoms with Crippen LogP contribution in [-0.2, 0) is 4.74 Å². The lowest BCUT2D eigenvalue weighted by Crippen LogP contribution is -2.28. The van der Waals surface area contributed by atoms with E-state index in [0.29, 0.717) is 6.61 Å². The van der Waals surface area contributed by atoms with Crippen molar-refractivity contribution >= 4 is 0 Å². The second-order valence-corrected chi connectivity index (χ2v) is 3.92. The molecule has 0 aromatic rings. The summed E-state index contributed by atoms with van der Waals surface area (Å²) in [5.74, 6) is 6.31. The van der Waals surface area contributed by atoms with Crippen LogP contribution in [0.25, 0.3) is 0 Å². The van der Waals surface area contributed by atoms with Crippen LogP contribution in [0.3, 0.4) is 0 Å². The van der Waals surface area contributed by atoms with Crippen molar-refractivity contribution in [3.63, 3.8) is 0 Å². The fourth-order valence-corrected chi connectivity index (χ4v) is 1.28. The van der Waals surface area contributed by atoms with Crippen LogP contribution in [0.4, 0.5) is 0 Å². The van der Waals surface area contributed by atoms with Crippen LogP contribution in [0, 0.1) is 11.8 Å². The van der Waals surface area contributed by atoms with Crippen LogP contribution < -0.4 is 0 Å². The van der Waals surface area contributed by atoms with Gasteiger partial charge < -0.3 is 9.84 Å². The molecule has 0 fully saturated rings. The lowest BCUT2D eigenvalue weighted by Gasteiger charge is -2.22. The first-order valence-corrected chi connectivity index (χ1v) is 6.09. The van der Waals surface area contributed by atoms with E-state index < -0.39 is 5.60 Å². The van der Waals surface area contributed by atoms with Crippen LogP contribution in [-0.4, -0.2) is 48.5 Å². The van der Waals surface area contributed by atoms with Crippen LogP contribution in [0.15, 0.2) is 0 Å². The van der Waals surface area contributed by atoms with Gasteiger partial charge in [-0.05, 0) is 26.4 Å². The Morgan fingerprint density at radius 1 is 1.25 bits per heavy atom. The van der Waals surface area contributed by atoms with E-state index in [9.17, 15) is 0 Å². The second-order valence-electron chi connectivity index (χ2n) is 3.92. The summed E-state index contributed by atoms with van der Waals surface area (Å²) in [5.41, 5.74) is -0.421. The third kappa shape index (κ3) is 6.12. The predicted molar refractivity (Wildman–Crippen MR) is 67.3 cm³/mol. The average molecular weight is 227 g/mol. The Balaban J connectivity index is 4.23. The van der Waals surface area contributed by atoms with Gasteiger partial charge in [0.05, 0.1) is 19.8 Å². The number of hydrogen-bond donors (Lipinski definition) is 1. The topological polar surface area (TPSA) is 32.7 Å². The summed E-state index contributed by atoms with van der Waals surface area (Å²) in [6.45, 7) is 11.5. The molecule has 0 rings (SSSR count). The molecule has 0 saturated heterocycles. The highest BCUT2D eigenvalue weighted by Gasteiger charge is 2.18. The summed E-state index contributed by atoms with van der Waals surface area (Å²) in [6, 6.07) is 0. The molecule has 16 heavy (non-hydrogen) atoms. The maximum absolute atomic E-state index is 8.73. The van der Waals surface area contributed by atoms with Crippen molar-refractivity contribution in [1.82, 2.24) is 4.90 Å². The molecule has 1 atom stereocenters. The van der Waals surface area contributed by atoms with Crippen LogP contribution in [0.5, 0.6) is 0 Å². The van der Waals surface area contributed by atoms with Crippen molar-refractivity contribution in [2.75, 3.05) is 32.8 Å². The van der Waals surface area contributed by atoms with Gasteiger partial charge in [-0.25, -0.2) is 0 Å². The molecule has 0 heterocycles. The lowest BCUT2D eigenvalue weighted by molar-refractivity contribution is -0.00823. The molecule has 0 amide bonds. The largest absolute Gasteiger partial charge is 0.394 e. The minimum atomic E-state index is -0.421. The van der Waals surface area contributed by atoms with Crippen molar-refractivity contribution in [3.05, 3.63) is 0 Å². The Kier molecular flexibility index (Phi) is 8.28. The molecule has 0 aliphatic carbocycles. The zero-order chi connectivity index (χ0) is 12.4. The van der Waals surface area contributed by atoms with Crippen molar-refractivity contribution < 1.29 is 9.84 Å². The number of ether oxygens (including phenoxy) is 1. The normalized spacial score (nSPS) is 14.4. The highest BCUT2D eigenvalue weighted by atomic mass is 16.5. The first-order valence-electron chi connectivity index (χ1n) is 6.09. The van der Waals surface area contributed by atoms with E-state index in [2.05, 4.69) is 30.6 Å². The van der Waals surface area contributed by atoms with Crippen LogP contribution in [0.1, 0.15) is 34.1 Å². The van der Waals surface area contributed by atoms with Crippen molar-refractivity contribution in [1.29, 1.82) is 0 Å². The SMILES string of the molecule is CCN(CC)CC#CC(C)(CC)OCCO. The molecule has 0 spiro atoms. The smallest absolute Gasteiger partial charge is 0.125 e. The third-order valence-electron chi connectivity index (χ3n) is 2.74. The van der Waals surface area contributed by atoms with Gasteiger partial charge in [0.15, 0.2) is 0 Å². The van der Waals surface area contributed by atoms with E-state index >= 15 is 0 Å². The van der Waals surface area contributed by atoms with Crippen molar-refractivity contribution in [2.24, 2.45) is 0 Å². The molecule has 0 aliphatic heterocycles.